The van der Waals surface area contributed by atoms with Crippen LogP contribution in [0.2, 0.25) is 0 Å². The summed E-state index contributed by atoms with van der Waals surface area (Å²) in [6, 6.07) is 15.3. The van der Waals surface area contributed by atoms with Crippen LogP contribution in [0, 0.1) is 5.82 Å². The van der Waals surface area contributed by atoms with Crippen LogP contribution in [0.25, 0.3) is 11.0 Å². The standard InChI is InChI=1S/C25H19FN2O4/c1-2-12-31-17-7-5-6-15(13-17)22-21-23(29)18-14-16(26)9-10-19(18)32-24(21)25(30)28(22)20-8-3-4-11-27-20/h3-11,13-14,22H,2,12H2,1H3/t22-/m0/s1. The number of hydrogen-bond acceptors (Lipinski definition) is 5. The molecule has 0 N–H and O–H groups in total. The van der Waals surface area contributed by atoms with Crippen molar-refractivity contribution in [2.24, 2.45) is 0 Å². The lowest BCUT2D eigenvalue weighted by molar-refractivity contribution is 0.0970. The van der Waals surface area contributed by atoms with Crippen molar-refractivity contribution in [3.63, 3.8) is 0 Å². The fourth-order valence-electron chi connectivity index (χ4n) is 3.99. The van der Waals surface area contributed by atoms with E-state index in [2.05, 4.69) is 4.98 Å². The van der Waals surface area contributed by atoms with Crippen LogP contribution in [-0.2, 0) is 0 Å². The number of carbonyl (C=O) groups is 1. The van der Waals surface area contributed by atoms with E-state index < -0.39 is 23.2 Å². The van der Waals surface area contributed by atoms with E-state index in [1.807, 2.05) is 25.1 Å². The minimum absolute atomic E-state index is 0.0651. The molecule has 0 unspecified atom stereocenters. The van der Waals surface area contributed by atoms with E-state index in [9.17, 15) is 14.0 Å². The van der Waals surface area contributed by atoms with E-state index in [1.165, 1.54) is 17.0 Å². The molecule has 0 saturated carbocycles. The maximum atomic E-state index is 13.9. The molecule has 160 valence electrons. The van der Waals surface area contributed by atoms with Crippen molar-refractivity contribution >= 4 is 22.7 Å². The Labute approximate surface area is 182 Å². The number of nitrogens with zero attached hydrogens (tertiary/aromatic N) is 2. The number of pyridine rings is 1. The first-order chi connectivity index (χ1) is 15.6. The van der Waals surface area contributed by atoms with Gasteiger partial charge in [0.15, 0.2) is 5.43 Å². The Morgan fingerprint density at radius 1 is 1.09 bits per heavy atom. The lowest BCUT2D eigenvalue weighted by atomic mass is 9.98. The van der Waals surface area contributed by atoms with Gasteiger partial charge in [0.05, 0.1) is 23.6 Å². The first kappa shape index (κ1) is 19.9. The van der Waals surface area contributed by atoms with Crippen LogP contribution >= 0.6 is 0 Å². The van der Waals surface area contributed by atoms with Gasteiger partial charge >= 0.3 is 0 Å². The van der Waals surface area contributed by atoms with E-state index in [0.717, 1.165) is 12.5 Å². The van der Waals surface area contributed by atoms with Crippen molar-refractivity contribution < 1.29 is 18.3 Å². The predicted molar refractivity (Wildman–Crippen MR) is 118 cm³/mol. The second-order valence-corrected chi connectivity index (χ2v) is 7.50. The number of benzene rings is 2. The van der Waals surface area contributed by atoms with E-state index in [-0.39, 0.29) is 22.3 Å². The summed E-state index contributed by atoms with van der Waals surface area (Å²) >= 11 is 0. The molecule has 0 spiro atoms. The van der Waals surface area contributed by atoms with Gasteiger partial charge in [-0.05, 0) is 54.4 Å². The highest BCUT2D eigenvalue weighted by molar-refractivity contribution is 6.10. The molecule has 2 aromatic heterocycles. The summed E-state index contributed by atoms with van der Waals surface area (Å²) in [7, 11) is 0. The van der Waals surface area contributed by atoms with Gasteiger partial charge in [-0.15, -0.1) is 0 Å². The Balaban J connectivity index is 1.76. The average molecular weight is 430 g/mol. The third-order valence-corrected chi connectivity index (χ3v) is 5.37. The van der Waals surface area contributed by atoms with Gasteiger partial charge < -0.3 is 9.15 Å². The van der Waals surface area contributed by atoms with Gasteiger partial charge in [0.25, 0.3) is 5.91 Å². The van der Waals surface area contributed by atoms with E-state index >= 15 is 0 Å². The molecule has 4 aromatic rings. The van der Waals surface area contributed by atoms with Gasteiger partial charge in [-0.25, -0.2) is 9.37 Å². The predicted octanol–water partition coefficient (Wildman–Crippen LogP) is 4.87. The van der Waals surface area contributed by atoms with Crippen LogP contribution in [0.1, 0.15) is 41.1 Å². The molecule has 0 fully saturated rings. The van der Waals surface area contributed by atoms with Crippen LogP contribution in [0.15, 0.2) is 76.1 Å². The van der Waals surface area contributed by atoms with Crippen molar-refractivity contribution in [2.45, 2.75) is 19.4 Å². The molecule has 6 nitrogen and oxygen atoms in total. The third-order valence-electron chi connectivity index (χ3n) is 5.37. The lowest BCUT2D eigenvalue weighted by Gasteiger charge is -2.24. The number of amides is 1. The largest absolute Gasteiger partial charge is 0.494 e. The number of fused-ring (bicyclic) bond motifs is 2. The summed E-state index contributed by atoms with van der Waals surface area (Å²) in [5.41, 5.74) is 0.536. The molecule has 0 aliphatic carbocycles. The van der Waals surface area contributed by atoms with Crippen LogP contribution in [0.5, 0.6) is 5.75 Å². The second kappa shape index (κ2) is 7.92. The highest BCUT2D eigenvalue weighted by atomic mass is 19.1. The summed E-state index contributed by atoms with van der Waals surface area (Å²) < 4.78 is 25.5. The molecule has 7 heteroatoms. The first-order valence-electron chi connectivity index (χ1n) is 10.3. The molecule has 1 amide bonds. The number of halogens is 1. The lowest BCUT2D eigenvalue weighted by Crippen LogP contribution is -2.30. The van der Waals surface area contributed by atoms with Gasteiger partial charge in [-0.2, -0.15) is 0 Å². The summed E-state index contributed by atoms with van der Waals surface area (Å²) in [6.45, 7) is 2.55. The Morgan fingerprint density at radius 2 is 1.97 bits per heavy atom. The molecule has 1 atom stereocenters. The summed E-state index contributed by atoms with van der Waals surface area (Å²) in [6.07, 6.45) is 2.42. The molecule has 0 bridgehead atoms. The number of hydrogen-bond donors (Lipinski definition) is 0. The Kier molecular flexibility index (Phi) is 4.93. The summed E-state index contributed by atoms with van der Waals surface area (Å²) in [5.74, 6) is -0.0930. The van der Waals surface area contributed by atoms with Crippen LogP contribution in [0.4, 0.5) is 10.2 Å². The summed E-state index contributed by atoms with van der Waals surface area (Å²) in [4.78, 5) is 32.7. The SMILES string of the molecule is CCCOc1cccc([C@H]2c3c(oc4ccc(F)cc4c3=O)C(=O)N2c2ccccn2)c1. The monoisotopic (exact) mass is 430 g/mol. The molecular formula is C25H19FN2O4. The topological polar surface area (TPSA) is 72.6 Å². The zero-order valence-electron chi connectivity index (χ0n) is 17.2. The molecule has 1 aliphatic rings. The number of carbonyl (C=O) groups excluding carboxylic acids is 1. The van der Waals surface area contributed by atoms with Crippen LogP contribution in [-0.4, -0.2) is 17.5 Å². The molecule has 0 radical (unpaired) electrons. The number of rotatable bonds is 5. The quantitative estimate of drug-likeness (QED) is 0.452. The highest BCUT2D eigenvalue weighted by Gasteiger charge is 2.44. The molecule has 5 rings (SSSR count). The second-order valence-electron chi connectivity index (χ2n) is 7.50. The van der Waals surface area contributed by atoms with Crippen molar-refractivity contribution in [1.29, 1.82) is 0 Å². The number of ether oxygens (including phenoxy) is 1. The van der Waals surface area contributed by atoms with Crippen molar-refractivity contribution in [1.82, 2.24) is 4.98 Å². The number of aromatic nitrogens is 1. The fraction of sp³-hybridized carbons (Fsp3) is 0.160. The zero-order valence-corrected chi connectivity index (χ0v) is 17.2. The van der Waals surface area contributed by atoms with Gasteiger partial charge in [-0.1, -0.05) is 25.1 Å². The Hall–Kier alpha value is -4.00. The average Bonchev–Trinajstić information content (AvgIpc) is 3.11. The molecular weight excluding hydrogens is 411 g/mol. The van der Waals surface area contributed by atoms with Gasteiger partial charge in [0.1, 0.15) is 23.0 Å². The maximum absolute atomic E-state index is 13.9. The van der Waals surface area contributed by atoms with Crippen molar-refractivity contribution in [3.05, 3.63) is 99.8 Å². The fourth-order valence-corrected chi connectivity index (χ4v) is 3.99. The van der Waals surface area contributed by atoms with E-state index in [0.29, 0.717) is 23.7 Å². The molecule has 3 heterocycles. The smallest absolute Gasteiger partial charge is 0.296 e. The zero-order chi connectivity index (χ0) is 22.2. The van der Waals surface area contributed by atoms with Crippen molar-refractivity contribution in [3.8, 4) is 5.75 Å². The first-order valence-corrected chi connectivity index (χ1v) is 10.3. The van der Waals surface area contributed by atoms with E-state index in [4.69, 9.17) is 9.15 Å². The van der Waals surface area contributed by atoms with Crippen LogP contribution < -0.4 is 15.1 Å². The third kappa shape index (κ3) is 3.22. The Morgan fingerprint density at radius 3 is 2.75 bits per heavy atom. The Bertz CT molecular complexity index is 1380. The van der Waals surface area contributed by atoms with Crippen molar-refractivity contribution in [2.75, 3.05) is 11.5 Å². The van der Waals surface area contributed by atoms with Gasteiger partial charge in [-0.3, -0.25) is 14.5 Å². The van der Waals surface area contributed by atoms with E-state index in [1.54, 1.807) is 30.5 Å². The maximum Gasteiger partial charge on any atom is 0.296 e. The van der Waals surface area contributed by atoms with Gasteiger partial charge in [0, 0.05) is 6.20 Å². The molecule has 2 aromatic carbocycles. The summed E-state index contributed by atoms with van der Waals surface area (Å²) in [5, 5.41) is 0.0859. The minimum Gasteiger partial charge on any atom is -0.494 e. The molecule has 0 saturated heterocycles. The van der Waals surface area contributed by atoms with Crippen LogP contribution in [0.3, 0.4) is 0 Å². The minimum atomic E-state index is -0.790. The highest BCUT2D eigenvalue weighted by Crippen LogP contribution is 2.41. The molecule has 1 aliphatic heterocycles. The van der Waals surface area contributed by atoms with Gasteiger partial charge in [0.2, 0.25) is 5.76 Å². The normalized spacial score (nSPS) is 15.2. The molecule has 32 heavy (non-hydrogen) atoms. The number of anilines is 1.